The molecular formula is C16H31FN2O5S. The lowest BCUT2D eigenvalue weighted by molar-refractivity contribution is -0.127. The monoisotopic (exact) mass is 382 g/mol. The Morgan fingerprint density at radius 2 is 1.76 bits per heavy atom. The van der Waals surface area contributed by atoms with Gasteiger partial charge in [0, 0.05) is 26.4 Å². The zero-order chi connectivity index (χ0) is 18.9. The second-order valence-electron chi connectivity index (χ2n) is 5.57. The van der Waals surface area contributed by atoms with Crippen molar-refractivity contribution in [1.29, 1.82) is 0 Å². The molecule has 0 bridgehead atoms. The van der Waals surface area contributed by atoms with Crippen molar-refractivity contribution < 1.29 is 28.2 Å². The summed E-state index contributed by atoms with van der Waals surface area (Å²) in [6.07, 6.45) is 1.85. The molecule has 0 spiro atoms. The number of hydrogen-bond acceptors (Lipinski definition) is 6. The second-order valence-corrected chi connectivity index (χ2v) is 6.35. The van der Waals surface area contributed by atoms with Gasteiger partial charge in [0.05, 0.1) is 19.3 Å². The number of alkyl halides is 1. The van der Waals surface area contributed by atoms with Crippen molar-refractivity contribution in [3.05, 3.63) is 0 Å². The SMILES string of the molecule is CSC(=O)NCC(F)COCCCOCCCNC(=O)COC(C)C. The lowest BCUT2D eigenvalue weighted by Crippen LogP contribution is -2.30. The molecule has 1 unspecified atom stereocenters. The van der Waals surface area contributed by atoms with Crippen LogP contribution in [0.25, 0.3) is 0 Å². The molecule has 0 aliphatic rings. The lowest BCUT2D eigenvalue weighted by atomic mass is 10.4. The van der Waals surface area contributed by atoms with E-state index in [1.54, 1.807) is 6.26 Å². The molecule has 9 heteroatoms. The minimum atomic E-state index is -1.21. The number of carbonyl (C=O) groups excluding carboxylic acids is 2. The van der Waals surface area contributed by atoms with Crippen LogP contribution in [0.2, 0.25) is 0 Å². The van der Waals surface area contributed by atoms with Gasteiger partial charge < -0.3 is 24.8 Å². The first-order valence-electron chi connectivity index (χ1n) is 8.45. The maximum Gasteiger partial charge on any atom is 0.278 e. The van der Waals surface area contributed by atoms with Gasteiger partial charge in [-0.25, -0.2) is 4.39 Å². The van der Waals surface area contributed by atoms with Gasteiger partial charge >= 0.3 is 0 Å². The molecule has 0 aromatic carbocycles. The van der Waals surface area contributed by atoms with E-state index in [2.05, 4.69) is 10.6 Å². The van der Waals surface area contributed by atoms with E-state index in [1.807, 2.05) is 13.8 Å². The third-order valence-electron chi connectivity index (χ3n) is 2.86. The number of carbonyl (C=O) groups is 2. The van der Waals surface area contributed by atoms with Gasteiger partial charge in [-0.3, -0.25) is 9.59 Å². The van der Waals surface area contributed by atoms with E-state index in [-0.39, 0.29) is 37.0 Å². The predicted molar refractivity (Wildman–Crippen MR) is 96.8 cm³/mol. The van der Waals surface area contributed by atoms with E-state index in [4.69, 9.17) is 14.2 Å². The molecular weight excluding hydrogens is 351 g/mol. The molecule has 0 fully saturated rings. The predicted octanol–water partition coefficient (Wildman–Crippen LogP) is 1.75. The minimum absolute atomic E-state index is 0.0376. The van der Waals surface area contributed by atoms with E-state index in [0.29, 0.717) is 32.8 Å². The van der Waals surface area contributed by atoms with Gasteiger partial charge in [-0.15, -0.1) is 0 Å². The maximum atomic E-state index is 13.4. The highest BCUT2D eigenvalue weighted by Gasteiger charge is 2.08. The first kappa shape index (κ1) is 24.1. The Morgan fingerprint density at radius 3 is 2.44 bits per heavy atom. The van der Waals surface area contributed by atoms with Gasteiger partial charge in [-0.1, -0.05) is 11.8 Å². The van der Waals surface area contributed by atoms with E-state index < -0.39 is 6.17 Å². The summed E-state index contributed by atoms with van der Waals surface area (Å²) in [5, 5.41) is 4.93. The standard InChI is InChI=1S/C16H31FN2O5S/c1-13(2)24-12-15(20)18-6-4-7-22-8-5-9-23-11-14(17)10-19-16(21)25-3/h13-14H,4-12H2,1-3H3,(H,18,20)(H,19,21). The van der Waals surface area contributed by atoms with Crippen LogP contribution in [0.3, 0.4) is 0 Å². The van der Waals surface area contributed by atoms with E-state index >= 15 is 0 Å². The third kappa shape index (κ3) is 17.7. The van der Waals surface area contributed by atoms with Crippen LogP contribution in [0.15, 0.2) is 0 Å². The van der Waals surface area contributed by atoms with Crippen molar-refractivity contribution >= 4 is 22.9 Å². The summed E-state index contributed by atoms with van der Waals surface area (Å²) >= 11 is 1.01. The average Bonchev–Trinajstić information content (AvgIpc) is 2.59. The fourth-order valence-corrected chi connectivity index (χ4v) is 1.82. The Bertz CT molecular complexity index is 361. The molecule has 0 aliphatic heterocycles. The van der Waals surface area contributed by atoms with Gasteiger partial charge in [0.1, 0.15) is 12.8 Å². The number of halogens is 1. The first-order chi connectivity index (χ1) is 12.0. The first-order valence-corrected chi connectivity index (χ1v) is 9.67. The topological polar surface area (TPSA) is 85.9 Å². The van der Waals surface area contributed by atoms with Crippen LogP contribution in [0.4, 0.5) is 9.18 Å². The molecule has 1 atom stereocenters. The van der Waals surface area contributed by atoms with Crippen LogP contribution in [0, 0.1) is 0 Å². The zero-order valence-electron chi connectivity index (χ0n) is 15.3. The second kappa shape index (κ2) is 16.6. The molecule has 0 aromatic heterocycles. The molecule has 148 valence electrons. The Labute approximate surface area is 153 Å². The minimum Gasteiger partial charge on any atom is -0.381 e. The Balaban J connectivity index is 3.28. The normalized spacial score (nSPS) is 12.2. The van der Waals surface area contributed by atoms with Crippen molar-refractivity contribution in [3.63, 3.8) is 0 Å². The van der Waals surface area contributed by atoms with Crippen LogP contribution in [0.1, 0.15) is 26.7 Å². The number of thioether (sulfide) groups is 1. The number of rotatable bonds is 15. The summed E-state index contributed by atoms with van der Waals surface area (Å²) < 4.78 is 29.1. The highest BCUT2D eigenvalue weighted by atomic mass is 32.2. The summed E-state index contributed by atoms with van der Waals surface area (Å²) in [5.74, 6) is -0.128. The zero-order valence-corrected chi connectivity index (χ0v) is 16.2. The van der Waals surface area contributed by atoms with E-state index in [0.717, 1.165) is 18.2 Å². The smallest absolute Gasteiger partial charge is 0.278 e. The van der Waals surface area contributed by atoms with Crippen molar-refractivity contribution in [2.75, 3.05) is 52.4 Å². The van der Waals surface area contributed by atoms with Crippen LogP contribution < -0.4 is 10.6 Å². The van der Waals surface area contributed by atoms with Gasteiger partial charge in [0.2, 0.25) is 5.91 Å². The molecule has 0 aliphatic carbocycles. The number of nitrogens with one attached hydrogen (secondary N) is 2. The molecule has 0 heterocycles. The maximum absolute atomic E-state index is 13.4. The van der Waals surface area contributed by atoms with Gasteiger partial charge in [-0.05, 0) is 32.9 Å². The Kier molecular flexibility index (Phi) is 16.0. The lowest BCUT2D eigenvalue weighted by Gasteiger charge is -2.10. The summed E-state index contributed by atoms with van der Waals surface area (Å²) in [6, 6.07) is 0. The van der Waals surface area contributed by atoms with Gasteiger partial charge in [-0.2, -0.15) is 0 Å². The average molecular weight is 382 g/mol. The molecule has 0 saturated heterocycles. The molecule has 2 N–H and O–H groups in total. The molecule has 7 nitrogen and oxygen atoms in total. The van der Waals surface area contributed by atoms with Crippen LogP contribution in [-0.2, 0) is 19.0 Å². The fourth-order valence-electron chi connectivity index (χ4n) is 1.60. The highest BCUT2D eigenvalue weighted by molar-refractivity contribution is 8.12. The van der Waals surface area contributed by atoms with Crippen LogP contribution >= 0.6 is 11.8 Å². The van der Waals surface area contributed by atoms with Crippen molar-refractivity contribution in [2.45, 2.75) is 39.0 Å². The summed E-state index contributed by atoms with van der Waals surface area (Å²) in [6.45, 7) is 5.75. The number of amides is 2. The molecule has 0 radical (unpaired) electrons. The van der Waals surface area contributed by atoms with Crippen LogP contribution in [0.5, 0.6) is 0 Å². The van der Waals surface area contributed by atoms with Crippen LogP contribution in [-0.4, -0.2) is 75.8 Å². The molecule has 2 amide bonds. The van der Waals surface area contributed by atoms with E-state index in [1.165, 1.54) is 0 Å². The largest absolute Gasteiger partial charge is 0.381 e. The van der Waals surface area contributed by atoms with Gasteiger partial charge in [0.25, 0.3) is 5.24 Å². The van der Waals surface area contributed by atoms with Crippen molar-refractivity contribution in [2.24, 2.45) is 0 Å². The third-order valence-corrected chi connectivity index (χ3v) is 3.38. The molecule has 0 rings (SSSR count). The molecule has 0 aromatic rings. The summed E-state index contributed by atoms with van der Waals surface area (Å²) in [5.41, 5.74) is 0. The van der Waals surface area contributed by atoms with E-state index in [9.17, 15) is 14.0 Å². The Hall–Kier alpha value is -0.900. The number of hydrogen-bond donors (Lipinski definition) is 2. The Morgan fingerprint density at radius 1 is 1.08 bits per heavy atom. The summed E-state index contributed by atoms with van der Waals surface area (Å²) in [4.78, 5) is 22.3. The molecule has 0 saturated carbocycles. The highest BCUT2D eigenvalue weighted by Crippen LogP contribution is 1.96. The van der Waals surface area contributed by atoms with Gasteiger partial charge in [0.15, 0.2) is 0 Å². The van der Waals surface area contributed by atoms with Crippen molar-refractivity contribution in [1.82, 2.24) is 10.6 Å². The quantitative estimate of drug-likeness (QED) is 0.420. The van der Waals surface area contributed by atoms with Crippen molar-refractivity contribution in [3.8, 4) is 0 Å². The summed E-state index contributed by atoms with van der Waals surface area (Å²) in [7, 11) is 0. The fraction of sp³-hybridized carbons (Fsp3) is 0.875. The number of ether oxygens (including phenoxy) is 3. The molecule has 25 heavy (non-hydrogen) atoms.